The summed E-state index contributed by atoms with van der Waals surface area (Å²) in [6, 6.07) is 13.9. The molecule has 186 valence electrons. The first-order valence-electron chi connectivity index (χ1n) is 10.8. The van der Waals surface area contributed by atoms with Crippen molar-refractivity contribution in [1.29, 1.82) is 0 Å². The maximum absolute atomic E-state index is 14.6. The van der Waals surface area contributed by atoms with Crippen LogP contribution in [0.5, 0.6) is 0 Å². The molecule has 1 N–H and O–H groups in total. The summed E-state index contributed by atoms with van der Waals surface area (Å²) in [6.45, 7) is 5.63. The lowest BCUT2D eigenvalue weighted by Gasteiger charge is -2.35. The zero-order chi connectivity index (χ0) is 25.9. The van der Waals surface area contributed by atoms with Crippen LogP contribution in [0.2, 0.25) is 5.02 Å². The zero-order valence-electron chi connectivity index (χ0n) is 19.4. The van der Waals surface area contributed by atoms with Crippen molar-refractivity contribution in [3.63, 3.8) is 0 Å². The van der Waals surface area contributed by atoms with Gasteiger partial charge in [0, 0.05) is 12.6 Å². The molecule has 0 spiro atoms. The number of nitrogens with zero attached hydrogens (tertiary/aromatic N) is 1. The summed E-state index contributed by atoms with van der Waals surface area (Å²) >= 11 is 6.00. The molecule has 0 radical (unpaired) electrons. The number of ether oxygens (including phenoxy) is 1. The standard InChI is InChI=1S/C26H25ClF4N2O2/c1-24(2,3)16-35-23(34)33-25(14-17-7-5-4-6-8-17,22-10-9-20(27)15-32-22)18-11-19(26(29,30)31)13-21(28)12-18/h4-13,15H,14,16H2,1-3H3,(H,33,34)/t25-/m0/s1. The Hall–Kier alpha value is -3.13. The number of nitrogens with one attached hydrogen (secondary N) is 1. The molecular weight excluding hydrogens is 484 g/mol. The number of hydrogen-bond donors (Lipinski definition) is 1. The van der Waals surface area contributed by atoms with Gasteiger partial charge in [-0.3, -0.25) is 4.98 Å². The first kappa shape index (κ1) is 26.5. The van der Waals surface area contributed by atoms with E-state index < -0.39 is 29.2 Å². The second kappa shape index (κ2) is 10.2. The molecule has 0 fully saturated rings. The Bertz CT molecular complexity index is 1160. The van der Waals surface area contributed by atoms with Crippen LogP contribution in [0.1, 0.15) is 43.2 Å². The number of rotatable bonds is 6. The topological polar surface area (TPSA) is 51.2 Å². The number of halogens is 5. The normalized spacial score (nSPS) is 13.7. The fraction of sp³-hybridized carbons (Fsp3) is 0.308. The maximum Gasteiger partial charge on any atom is 0.416 e. The fourth-order valence-corrected chi connectivity index (χ4v) is 3.66. The van der Waals surface area contributed by atoms with Crippen molar-refractivity contribution in [3.05, 3.63) is 100 Å². The molecule has 0 aliphatic heterocycles. The maximum atomic E-state index is 14.6. The van der Waals surface area contributed by atoms with Crippen molar-refractivity contribution in [3.8, 4) is 0 Å². The van der Waals surface area contributed by atoms with Crippen molar-refractivity contribution in [1.82, 2.24) is 10.3 Å². The Morgan fingerprint density at radius 1 is 1.00 bits per heavy atom. The number of pyridine rings is 1. The number of alkyl carbamates (subject to hydrolysis) is 1. The molecule has 9 heteroatoms. The Morgan fingerprint density at radius 2 is 1.66 bits per heavy atom. The van der Waals surface area contributed by atoms with Gasteiger partial charge in [-0.2, -0.15) is 13.2 Å². The Morgan fingerprint density at radius 3 is 2.23 bits per heavy atom. The van der Waals surface area contributed by atoms with E-state index in [9.17, 15) is 22.4 Å². The lowest BCUT2D eigenvalue weighted by molar-refractivity contribution is -0.137. The van der Waals surface area contributed by atoms with Crippen LogP contribution in [0.4, 0.5) is 22.4 Å². The molecule has 4 nitrogen and oxygen atoms in total. The van der Waals surface area contributed by atoms with Gasteiger partial charge in [-0.15, -0.1) is 0 Å². The lowest BCUT2D eigenvalue weighted by atomic mass is 9.80. The van der Waals surface area contributed by atoms with Gasteiger partial charge in [0.2, 0.25) is 0 Å². The van der Waals surface area contributed by atoms with E-state index in [4.69, 9.17) is 16.3 Å². The molecule has 0 bridgehead atoms. The number of alkyl halides is 3. The van der Waals surface area contributed by atoms with Gasteiger partial charge in [0.15, 0.2) is 0 Å². The number of aromatic nitrogens is 1. The summed E-state index contributed by atoms with van der Waals surface area (Å²) in [6.07, 6.45) is -4.42. The van der Waals surface area contributed by atoms with Crippen LogP contribution in [-0.4, -0.2) is 17.7 Å². The quantitative estimate of drug-likeness (QED) is 0.360. The second-order valence-corrected chi connectivity index (χ2v) is 9.85. The highest BCUT2D eigenvalue weighted by Crippen LogP contribution is 2.38. The minimum absolute atomic E-state index is 0.0339. The molecule has 0 aliphatic carbocycles. The van der Waals surface area contributed by atoms with Crippen molar-refractivity contribution in [2.75, 3.05) is 6.61 Å². The average molecular weight is 509 g/mol. The van der Waals surface area contributed by atoms with E-state index in [1.165, 1.54) is 18.3 Å². The van der Waals surface area contributed by atoms with Gasteiger partial charge >= 0.3 is 12.3 Å². The van der Waals surface area contributed by atoms with Crippen molar-refractivity contribution < 1.29 is 27.1 Å². The van der Waals surface area contributed by atoms with E-state index >= 15 is 0 Å². The summed E-state index contributed by atoms with van der Waals surface area (Å²) in [5.74, 6) is -1.11. The molecule has 3 aromatic rings. The van der Waals surface area contributed by atoms with E-state index in [0.717, 1.165) is 12.1 Å². The molecule has 0 aliphatic rings. The number of benzene rings is 2. The fourth-order valence-electron chi connectivity index (χ4n) is 3.54. The summed E-state index contributed by atoms with van der Waals surface area (Å²) in [5.41, 5.74) is -2.57. The van der Waals surface area contributed by atoms with Crippen LogP contribution in [0, 0.1) is 11.2 Å². The molecule has 35 heavy (non-hydrogen) atoms. The molecule has 0 saturated carbocycles. The Labute approximate surface area is 206 Å². The third-order valence-corrected chi connectivity index (χ3v) is 5.37. The van der Waals surface area contributed by atoms with Gasteiger partial charge in [0.25, 0.3) is 0 Å². The molecule has 2 aromatic carbocycles. The molecule has 1 atom stereocenters. The number of hydrogen-bond acceptors (Lipinski definition) is 3. The van der Waals surface area contributed by atoms with Crippen LogP contribution in [0.3, 0.4) is 0 Å². The Balaban J connectivity index is 2.24. The molecule has 0 unspecified atom stereocenters. The predicted octanol–water partition coefficient (Wildman–Crippen LogP) is 7.15. The first-order valence-corrected chi connectivity index (χ1v) is 11.2. The van der Waals surface area contributed by atoms with Crippen LogP contribution in [0.15, 0.2) is 66.9 Å². The van der Waals surface area contributed by atoms with Gasteiger partial charge in [-0.1, -0.05) is 62.7 Å². The molecule has 1 aromatic heterocycles. The molecular formula is C26H25ClF4N2O2. The summed E-state index contributed by atoms with van der Waals surface area (Å²) < 4.78 is 60.8. The van der Waals surface area contributed by atoms with E-state index in [0.29, 0.717) is 11.6 Å². The van der Waals surface area contributed by atoms with E-state index in [1.54, 1.807) is 30.3 Å². The van der Waals surface area contributed by atoms with Gasteiger partial charge in [-0.25, -0.2) is 9.18 Å². The van der Waals surface area contributed by atoms with E-state index in [1.807, 2.05) is 20.8 Å². The second-order valence-electron chi connectivity index (χ2n) is 9.42. The average Bonchev–Trinajstić information content (AvgIpc) is 2.77. The van der Waals surface area contributed by atoms with Crippen LogP contribution in [0.25, 0.3) is 0 Å². The minimum Gasteiger partial charge on any atom is -0.449 e. The summed E-state index contributed by atoms with van der Waals surface area (Å²) in [7, 11) is 0. The highest BCUT2D eigenvalue weighted by Gasteiger charge is 2.41. The smallest absolute Gasteiger partial charge is 0.416 e. The van der Waals surface area contributed by atoms with Crippen molar-refractivity contribution in [2.24, 2.45) is 5.41 Å². The highest BCUT2D eigenvalue weighted by molar-refractivity contribution is 6.30. The largest absolute Gasteiger partial charge is 0.449 e. The van der Waals surface area contributed by atoms with Gasteiger partial charge < -0.3 is 10.1 Å². The highest BCUT2D eigenvalue weighted by atomic mass is 35.5. The van der Waals surface area contributed by atoms with Gasteiger partial charge in [0.1, 0.15) is 11.4 Å². The van der Waals surface area contributed by atoms with Crippen molar-refractivity contribution >= 4 is 17.7 Å². The van der Waals surface area contributed by atoms with Gasteiger partial charge in [0.05, 0.1) is 22.9 Å². The monoisotopic (exact) mass is 508 g/mol. The molecule has 1 amide bonds. The van der Waals surface area contributed by atoms with Crippen molar-refractivity contribution in [2.45, 2.75) is 38.9 Å². The molecule has 0 saturated heterocycles. The van der Waals surface area contributed by atoms with Crippen LogP contribution < -0.4 is 5.32 Å². The molecule has 1 heterocycles. The van der Waals surface area contributed by atoms with Gasteiger partial charge in [-0.05, 0) is 46.9 Å². The number of carbonyl (C=O) groups is 1. The van der Waals surface area contributed by atoms with E-state index in [-0.39, 0.29) is 34.7 Å². The Kier molecular flexibility index (Phi) is 7.74. The summed E-state index contributed by atoms with van der Waals surface area (Å²) in [4.78, 5) is 17.3. The summed E-state index contributed by atoms with van der Waals surface area (Å²) in [5, 5.41) is 2.99. The minimum atomic E-state index is -4.81. The first-order chi connectivity index (χ1) is 16.3. The van der Waals surface area contributed by atoms with E-state index in [2.05, 4.69) is 10.3 Å². The lowest BCUT2D eigenvalue weighted by Crippen LogP contribution is -2.50. The predicted molar refractivity (Wildman–Crippen MR) is 126 cm³/mol. The SMILES string of the molecule is CC(C)(C)COC(=O)N[C@@](Cc1ccccc1)(c1cc(F)cc(C(F)(F)F)c1)c1ccc(Cl)cn1. The number of amides is 1. The van der Waals surface area contributed by atoms with Crippen LogP contribution >= 0.6 is 11.6 Å². The third-order valence-electron chi connectivity index (χ3n) is 5.15. The van der Waals surface area contributed by atoms with Crippen LogP contribution in [-0.2, 0) is 22.9 Å². The number of carbonyl (C=O) groups excluding carboxylic acids is 1. The zero-order valence-corrected chi connectivity index (χ0v) is 20.2. The molecule has 3 rings (SSSR count). The third kappa shape index (κ3) is 6.94.